The molecule has 30 heavy (non-hydrogen) atoms. The van der Waals surface area contributed by atoms with Gasteiger partial charge in [-0.05, 0) is 53.5 Å². The molecule has 0 N–H and O–H groups in total. The fourth-order valence-corrected chi connectivity index (χ4v) is 3.48. The first-order valence-corrected chi connectivity index (χ1v) is 10.1. The highest BCUT2D eigenvalue weighted by Crippen LogP contribution is 2.38. The molecule has 0 saturated heterocycles. The summed E-state index contributed by atoms with van der Waals surface area (Å²) in [4.78, 5) is 23.6. The summed E-state index contributed by atoms with van der Waals surface area (Å²) in [6, 6.07) is 8.23. The van der Waals surface area contributed by atoms with Gasteiger partial charge in [-0.15, -0.1) is 5.11 Å². The molecule has 2 rings (SSSR count). The summed E-state index contributed by atoms with van der Waals surface area (Å²) in [5, 5.41) is 19.4. The zero-order valence-electron chi connectivity index (χ0n) is 16.5. The number of carbonyl (C=O) groups excluding carboxylic acids is 1. The van der Waals surface area contributed by atoms with E-state index in [0.29, 0.717) is 22.4 Å². The van der Waals surface area contributed by atoms with E-state index in [0.717, 1.165) is 23.9 Å². The van der Waals surface area contributed by atoms with Crippen molar-refractivity contribution >= 4 is 56.2 Å². The number of non-ortho nitro benzene ring substituents is 1. The average molecular weight is 496 g/mol. The van der Waals surface area contributed by atoms with E-state index in [1.807, 2.05) is 32.0 Å². The summed E-state index contributed by atoms with van der Waals surface area (Å²) < 4.78 is 5.42. The molecule has 2 aromatic carbocycles. The normalized spacial score (nSPS) is 10.8. The average Bonchev–Trinajstić information content (AvgIpc) is 2.71. The Morgan fingerprint density at radius 1 is 1.37 bits per heavy atom. The Labute approximate surface area is 187 Å². The second-order valence-electron chi connectivity index (χ2n) is 6.14. The molecule has 0 atom stereocenters. The smallest absolute Gasteiger partial charge is 0.330 e. The first-order valence-electron chi connectivity index (χ1n) is 8.96. The highest BCUT2D eigenvalue weighted by Gasteiger charge is 2.14. The molecule has 0 fully saturated rings. The fraction of sp³-hybridized carbons (Fsp3) is 0.250. The molecule has 0 bridgehead atoms. The standard InChI is InChI=1S/C20H20BrClN4O4/c1-4-19(27)30-9-8-25(5-2)14-6-7-18(13(3)10-14)23-24-20-16(21)11-15(26(28)29)12-17(20)22/h4,6-7,10-12H,1,5,8-9H2,2-3H3/b24-23+. The number of likely N-dealkylation sites (N-methyl/N-ethyl adjacent to an activating group) is 1. The molecule has 0 aliphatic heterocycles. The molecule has 0 amide bonds. The van der Waals surface area contributed by atoms with Crippen molar-refractivity contribution in [3.05, 3.63) is 68.2 Å². The lowest BCUT2D eigenvalue weighted by Crippen LogP contribution is -2.27. The predicted molar refractivity (Wildman–Crippen MR) is 120 cm³/mol. The Morgan fingerprint density at radius 3 is 2.67 bits per heavy atom. The van der Waals surface area contributed by atoms with Crippen molar-refractivity contribution in [3.63, 3.8) is 0 Å². The van der Waals surface area contributed by atoms with Crippen LogP contribution in [0.25, 0.3) is 0 Å². The van der Waals surface area contributed by atoms with Gasteiger partial charge in [-0.3, -0.25) is 10.1 Å². The number of aryl methyl sites for hydroxylation is 1. The maximum atomic E-state index is 11.2. The second kappa shape index (κ2) is 10.8. The fourth-order valence-electron chi connectivity index (χ4n) is 2.59. The molecule has 0 unspecified atom stereocenters. The molecule has 10 heteroatoms. The van der Waals surface area contributed by atoms with Crippen molar-refractivity contribution in [1.29, 1.82) is 0 Å². The third-order valence-electron chi connectivity index (χ3n) is 4.17. The van der Waals surface area contributed by atoms with E-state index in [1.54, 1.807) is 0 Å². The van der Waals surface area contributed by atoms with Crippen LogP contribution in [-0.4, -0.2) is 30.6 Å². The molecule has 158 valence electrons. The number of benzene rings is 2. The Balaban J connectivity index is 2.18. The monoisotopic (exact) mass is 494 g/mol. The highest BCUT2D eigenvalue weighted by molar-refractivity contribution is 9.10. The lowest BCUT2D eigenvalue weighted by Gasteiger charge is -2.23. The maximum Gasteiger partial charge on any atom is 0.330 e. The van der Waals surface area contributed by atoms with Crippen molar-refractivity contribution in [1.82, 2.24) is 0 Å². The number of azo groups is 1. The number of esters is 1. The summed E-state index contributed by atoms with van der Waals surface area (Å²) in [6.07, 6.45) is 1.13. The Kier molecular flexibility index (Phi) is 8.49. The van der Waals surface area contributed by atoms with Crippen molar-refractivity contribution in [3.8, 4) is 0 Å². The number of ether oxygens (including phenoxy) is 1. The van der Waals surface area contributed by atoms with Crippen LogP contribution in [0, 0.1) is 17.0 Å². The van der Waals surface area contributed by atoms with Gasteiger partial charge >= 0.3 is 5.97 Å². The summed E-state index contributed by atoms with van der Waals surface area (Å²) in [5.74, 6) is -0.450. The molecule has 0 aliphatic rings. The van der Waals surface area contributed by atoms with Gasteiger partial charge in [0.25, 0.3) is 5.69 Å². The van der Waals surface area contributed by atoms with E-state index in [9.17, 15) is 14.9 Å². The van der Waals surface area contributed by atoms with Gasteiger partial charge in [0.05, 0.1) is 26.7 Å². The molecule has 0 aliphatic carbocycles. The number of anilines is 1. The minimum Gasteiger partial charge on any atom is -0.461 e. The molecule has 0 saturated carbocycles. The van der Waals surface area contributed by atoms with Gasteiger partial charge in [-0.1, -0.05) is 18.2 Å². The van der Waals surface area contributed by atoms with Crippen LogP contribution in [0.3, 0.4) is 0 Å². The molecular formula is C20H20BrClN4O4. The van der Waals surface area contributed by atoms with Gasteiger partial charge in [0.1, 0.15) is 12.3 Å². The highest BCUT2D eigenvalue weighted by atomic mass is 79.9. The predicted octanol–water partition coefficient (Wildman–Crippen LogP) is 6.29. The zero-order chi connectivity index (χ0) is 22.3. The third-order valence-corrected chi connectivity index (χ3v) is 5.06. The van der Waals surface area contributed by atoms with E-state index in [-0.39, 0.29) is 17.3 Å². The first kappa shape index (κ1) is 23.5. The van der Waals surface area contributed by atoms with Crippen LogP contribution >= 0.6 is 27.5 Å². The van der Waals surface area contributed by atoms with E-state index in [4.69, 9.17) is 16.3 Å². The minimum atomic E-state index is -0.530. The summed E-state index contributed by atoms with van der Waals surface area (Å²) in [7, 11) is 0. The molecule has 0 aromatic heterocycles. The van der Waals surface area contributed by atoms with E-state index in [2.05, 4.69) is 37.6 Å². The number of rotatable bonds is 9. The van der Waals surface area contributed by atoms with Crippen molar-refractivity contribution in [2.24, 2.45) is 10.2 Å². The van der Waals surface area contributed by atoms with E-state index in [1.165, 1.54) is 12.1 Å². The number of nitro groups is 1. The van der Waals surface area contributed by atoms with Crippen molar-refractivity contribution < 1.29 is 14.5 Å². The lowest BCUT2D eigenvalue weighted by molar-refractivity contribution is -0.384. The molecular weight excluding hydrogens is 476 g/mol. The second-order valence-corrected chi connectivity index (χ2v) is 7.40. The van der Waals surface area contributed by atoms with Crippen LogP contribution in [0.1, 0.15) is 12.5 Å². The maximum absolute atomic E-state index is 11.2. The number of nitro benzene ring substituents is 1. The number of hydrogen-bond donors (Lipinski definition) is 0. The van der Waals surface area contributed by atoms with Gasteiger partial charge in [0.15, 0.2) is 0 Å². The Bertz CT molecular complexity index is 974. The van der Waals surface area contributed by atoms with Crippen LogP contribution < -0.4 is 4.90 Å². The van der Waals surface area contributed by atoms with Crippen LogP contribution in [0.15, 0.2) is 57.7 Å². The zero-order valence-corrected chi connectivity index (χ0v) is 18.8. The molecule has 0 heterocycles. The van der Waals surface area contributed by atoms with Crippen LogP contribution in [-0.2, 0) is 9.53 Å². The molecule has 8 nitrogen and oxygen atoms in total. The summed E-state index contributed by atoms with van der Waals surface area (Å²) in [5.41, 5.74) is 2.65. The number of halogens is 2. The van der Waals surface area contributed by atoms with E-state index < -0.39 is 10.9 Å². The molecule has 0 spiro atoms. The number of carbonyl (C=O) groups is 1. The van der Waals surface area contributed by atoms with Crippen molar-refractivity contribution in [2.45, 2.75) is 13.8 Å². The van der Waals surface area contributed by atoms with Gasteiger partial charge in [-0.25, -0.2) is 4.79 Å². The minimum absolute atomic E-state index is 0.125. The quantitative estimate of drug-likeness (QED) is 0.134. The van der Waals surface area contributed by atoms with E-state index >= 15 is 0 Å². The van der Waals surface area contributed by atoms with Gasteiger partial charge in [0, 0.05) is 30.4 Å². The lowest BCUT2D eigenvalue weighted by atomic mass is 10.1. The molecule has 2 aromatic rings. The Hall–Kier alpha value is -2.78. The first-order chi connectivity index (χ1) is 14.3. The van der Waals surface area contributed by atoms with Gasteiger partial charge in [0.2, 0.25) is 0 Å². The summed E-state index contributed by atoms with van der Waals surface area (Å²) >= 11 is 9.36. The molecule has 0 radical (unpaired) electrons. The summed E-state index contributed by atoms with van der Waals surface area (Å²) in [6.45, 7) is 8.81. The van der Waals surface area contributed by atoms with Crippen molar-refractivity contribution in [2.75, 3.05) is 24.6 Å². The number of nitrogens with zero attached hydrogens (tertiary/aromatic N) is 4. The largest absolute Gasteiger partial charge is 0.461 e. The topological polar surface area (TPSA) is 97.4 Å². The van der Waals surface area contributed by atoms with Crippen LogP contribution in [0.5, 0.6) is 0 Å². The SMILES string of the molecule is C=CC(=O)OCCN(CC)c1ccc(/N=N/c2c(Cl)cc([N+](=O)[O-])cc2Br)c(C)c1. The van der Waals surface area contributed by atoms with Gasteiger partial charge < -0.3 is 9.64 Å². The number of hydrogen-bond acceptors (Lipinski definition) is 7. The third kappa shape index (κ3) is 6.11. The van der Waals surface area contributed by atoms with Crippen LogP contribution in [0.4, 0.5) is 22.7 Å². The Morgan fingerprint density at radius 2 is 2.10 bits per heavy atom. The van der Waals surface area contributed by atoms with Crippen LogP contribution in [0.2, 0.25) is 5.02 Å². The van der Waals surface area contributed by atoms with Gasteiger partial charge in [-0.2, -0.15) is 5.11 Å².